The van der Waals surface area contributed by atoms with Crippen molar-refractivity contribution in [3.05, 3.63) is 0 Å². The zero-order valence-electron chi connectivity index (χ0n) is 5.22. The van der Waals surface area contributed by atoms with Gasteiger partial charge in [0, 0.05) is 5.88 Å². The zero-order chi connectivity index (χ0) is 6.69. The summed E-state index contributed by atoms with van der Waals surface area (Å²) in [5.74, 6) is 0.497. The maximum absolute atomic E-state index is 8.93. The minimum Gasteiger partial charge on any atom is -0.368 e. The summed E-state index contributed by atoms with van der Waals surface area (Å²) in [6, 6.07) is 0. The summed E-state index contributed by atoms with van der Waals surface area (Å²) < 4.78 is 5.06. The van der Waals surface area contributed by atoms with Gasteiger partial charge in [0.2, 0.25) is 0 Å². The zero-order valence-corrected chi connectivity index (χ0v) is 5.97. The highest BCUT2D eigenvalue weighted by molar-refractivity contribution is 6.18. The maximum atomic E-state index is 8.93. The van der Waals surface area contributed by atoms with Gasteiger partial charge in [-0.15, -0.1) is 11.6 Å². The molecule has 1 heterocycles. The highest BCUT2D eigenvalue weighted by Gasteiger charge is 2.18. The summed E-state index contributed by atoms with van der Waals surface area (Å²) in [4.78, 5) is 0. The summed E-state index contributed by atoms with van der Waals surface area (Å²) in [5, 5.41) is 8.93. The van der Waals surface area contributed by atoms with Crippen LogP contribution >= 0.6 is 11.6 Å². The Labute approximate surface area is 59.8 Å². The van der Waals surface area contributed by atoms with E-state index >= 15 is 0 Å². The molecule has 3 heteroatoms. The third-order valence-electron chi connectivity index (χ3n) is 1.50. The quantitative estimate of drug-likeness (QED) is 0.568. The van der Waals surface area contributed by atoms with Crippen molar-refractivity contribution >= 4 is 11.6 Å². The Morgan fingerprint density at radius 3 is 2.78 bits per heavy atom. The molecule has 0 aliphatic carbocycles. The van der Waals surface area contributed by atoms with Crippen molar-refractivity contribution in [3.63, 3.8) is 0 Å². The molecule has 0 amide bonds. The molecular weight excluding hydrogens is 140 g/mol. The molecule has 1 rings (SSSR count). The van der Waals surface area contributed by atoms with Crippen molar-refractivity contribution in [1.82, 2.24) is 0 Å². The number of aliphatic hydroxyl groups excluding tert-OH is 1. The van der Waals surface area contributed by atoms with Gasteiger partial charge in [0.1, 0.15) is 0 Å². The Bertz CT molecular complexity index is 87.1. The first kappa shape index (κ1) is 7.32. The fourth-order valence-electron chi connectivity index (χ4n) is 0.992. The summed E-state index contributed by atoms with van der Waals surface area (Å²) in [6.07, 6.45) is 2.28. The molecule has 2 nitrogen and oxygen atoms in total. The van der Waals surface area contributed by atoms with Crippen molar-refractivity contribution in [2.24, 2.45) is 0 Å². The van der Waals surface area contributed by atoms with Crippen molar-refractivity contribution < 1.29 is 9.84 Å². The lowest BCUT2D eigenvalue weighted by Crippen LogP contribution is -2.28. The van der Waals surface area contributed by atoms with E-state index in [9.17, 15) is 0 Å². The molecule has 9 heavy (non-hydrogen) atoms. The second-order valence-electron chi connectivity index (χ2n) is 2.30. The summed E-state index contributed by atoms with van der Waals surface area (Å²) in [6.45, 7) is 0. The second kappa shape index (κ2) is 3.40. The monoisotopic (exact) mass is 150 g/mol. The van der Waals surface area contributed by atoms with Crippen molar-refractivity contribution in [1.29, 1.82) is 0 Å². The fraction of sp³-hybridized carbons (Fsp3) is 1.00. The number of halogens is 1. The van der Waals surface area contributed by atoms with E-state index in [-0.39, 0.29) is 6.10 Å². The van der Waals surface area contributed by atoms with Crippen LogP contribution in [0.4, 0.5) is 0 Å². The number of alkyl halides is 1. The van der Waals surface area contributed by atoms with Crippen LogP contribution in [-0.4, -0.2) is 23.4 Å². The Morgan fingerprint density at radius 2 is 2.33 bits per heavy atom. The van der Waals surface area contributed by atoms with Gasteiger partial charge in [0.25, 0.3) is 0 Å². The lowest BCUT2D eigenvalue weighted by atomic mass is 10.1. The van der Waals surface area contributed by atoms with Crippen LogP contribution in [0.3, 0.4) is 0 Å². The van der Waals surface area contributed by atoms with Gasteiger partial charge < -0.3 is 9.84 Å². The minimum absolute atomic E-state index is 0.0791. The molecule has 0 aromatic rings. The second-order valence-corrected chi connectivity index (χ2v) is 2.61. The standard InChI is InChI=1S/C6H11ClO2/c7-4-5-2-1-3-6(8)9-5/h5-6,8H,1-4H2/t5-,6+/m0/s1. The number of ether oxygens (including phenoxy) is 1. The predicted molar refractivity (Wildman–Crippen MR) is 35.5 cm³/mol. The topological polar surface area (TPSA) is 29.5 Å². The fourth-order valence-corrected chi connectivity index (χ4v) is 1.22. The van der Waals surface area contributed by atoms with E-state index in [1.807, 2.05) is 0 Å². The van der Waals surface area contributed by atoms with Gasteiger partial charge in [0.05, 0.1) is 6.10 Å². The molecule has 1 N–H and O–H groups in total. The normalized spacial score (nSPS) is 36.7. The molecule has 0 unspecified atom stereocenters. The summed E-state index contributed by atoms with van der Waals surface area (Å²) >= 11 is 5.51. The van der Waals surface area contributed by atoms with E-state index in [0.717, 1.165) is 19.3 Å². The minimum atomic E-state index is -0.567. The van der Waals surface area contributed by atoms with E-state index < -0.39 is 6.29 Å². The van der Waals surface area contributed by atoms with Crippen LogP contribution in [0, 0.1) is 0 Å². The highest BCUT2D eigenvalue weighted by atomic mass is 35.5. The average molecular weight is 151 g/mol. The average Bonchev–Trinajstić information content (AvgIpc) is 1.88. The van der Waals surface area contributed by atoms with Crippen molar-refractivity contribution in [3.8, 4) is 0 Å². The molecule has 0 radical (unpaired) electrons. The van der Waals surface area contributed by atoms with Crippen molar-refractivity contribution in [2.45, 2.75) is 31.7 Å². The lowest BCUT2D eigenvalue weighted by molar-refractivity contribution is -0.155. The van der Waals surface area contributed by atoms with E-state index in [0.29, 0.717) is 5.88 Å². The van der Waals surface area contributed by atoms with Crippen LogP contribution in [-0.2, 0) is 4.74 Å². The third kappa shape index (κ3) is 2.12. The molecule has 0 bridgehead atoms. The van der Waals surface area contributed by atoms with Crippen LogP contribution in [0.15, 0.2) is 0 Å². The molecule has 0 saturated carbocycles. The first-order chi connectivity index (χ1) is 4.33. The predicted octanol–water partition coefficient (Wildman–Crippen LogP) is 1.11. The molecule has 2 atom stereocenters. The van der Waals surface area contributed by atoms with Crippen molar-refractivity contribution in [2.75, 3.05) is 5.88 Å². The van der Waals surface area contributed by atoms with Crippen LogP contribution in [0.1, 0.15) is 19.3 Å². The molecule has 1 fully saturated rings. The molecule has 0 aromatic carbocycles. The van der Waals surface area contributed by atoms with Gasteiger partial charge in [-0.2, -0.15) is 0 Å². The smallest absolute Gasteiger partial charge is 0.154 e. The van der Waals surface area contributed by atoms with Gasteiger partial charge in [-0.3, -0.25) is 0 Å². The van der Waals surface area contributed by atoms with Crippen LogP contribution in [0.5, 0.6) is 0 Å². The Morgan fingerprint density at radius 1 is 1.56 bits per heavy atom. The molecular formula is C6H11ClO2. The molecule has 1 aliphatic heterocycles. The van der Waals surface area contributed by atoms with Gasteiger partial charge in [-0.1, -0.05) is 0 Å². The largest absolute Gasteiger partial charge is 0.368 e. The SMILES string of the molecule is O[C@H]1CCC[C@@H](CCl)O1. The van der Waals surface area contributed by atoms with Crippen LogP contribution in [0.2, 0.25) is 0 Å². The Kier molecular flexibility index (Phi) is 2.76. The van der Waals surface area contributed by atoms with E-state index in [2.05, 4.69) is 0 Å². The summed E-state index contributed by atoms with van der Waals surface area (Å²) in [7, 11) is 0. The maximum Gasteiger partial charge on any atom is 0.154 e. The van der Waals surface area contributed by atoms with E-state index in [1.165, 1.54) is 0 Å². The van der Waals surface area contributed by atoms with Gasteiger partial charge in [-0.25, -0.2) is 0 Å². The summed E-state index contributed by atoms with van der Waals surface area (Å²) in [5.41, 5.74) is 0. The molecule has 1 aliphatic rings. The van der Waals surface area contributed by atoms with E-state index in [1.54, 1.807) is 0 Å². The highest BCUT2D eigenvalue weighted by Crippen LogP contribution is 2.17. The molecule has 0 spiro atoms. The number of rotatable bonds is 1. The van der Waals surface area contributed by atoms with Gasteiger partial charge in [-0.05, 0) is 19.3 Å². The molecule has 54 valence electrons. The molecule has 1 saturated heterocycles. The van der Waals surface area contributed by atoms with Gasteiger partial charge >= 0.3 is 0 Å². The number of aliphatic hydroxyl groups is 1. The first-order valence-corrected chi connectivity index (χ1v) is 3.76. The lowest BCUT2D eigenvalue weighted by Gasteiger charge is -2.24. The van der Waals surface area contributed by atoms with Crippen LogP contribution in [0.25, 0.3) is 0 Å². The third-order valence-corrected chi connectivity index (χ3v) is 1.84. The number of hydrogen-bond donors (Lipinski definition) is 1. The first-order valence-electron chi connectivity index (χ1n) is 3.22. The Hall–Kier alpha value is 0.210. The van der Waals surface area contributed by atoms with Crippen LogP contribution < -0.4 is 0 Å². The van der Waals surface area contributed by atoms with Gasteiger partial charge in [0.15, 0.2) is 6.29 Å². The Balaban J connectivity index is 2.23. The number of hydrogen-bond acceptors (Lipinski definition) is 2. The molecule has 0 aromatic heterocycles. The van der Waals surface area contributed by atoms with E-state index in [4.69, 9.17) is 21.4 Å².